The number of carbonyl (C=O) groups excluding carboxylic acids is 1. The van der Waals surface area contributed by atoms with E-state index in [2.05, 4.69) is 5.32 Å². The summed E-state index contributed by atoms with van der Waals surface area (Å²) >= 11 is 0. The normalized spacial score (nSPS) is 18.1. The predicted octanol–water partition coefficient (Wildman–Crippen LogP) is 3.51. The molecule has 21 heavy (non-hydrogen) atoms. The number of anilines is 1. The summed E-state index contributed by atoms with van der Waals surface area (Å²) in [4.78, 5) is 12.5. The molecule has 2 rings (SSSR count). The van der Waals surface area contributed by atoms with Gasteiger partial charge in [0.1, 0.15) is 11.6 Å². The van der Waals surface area contributed by atoms with Crippen molar-refractivity contribution in [3.05, 3.63) is 29.3 Å². The first-order valence-corrected chi connectivity index (χ1v) is 7.46. The molecule has 1 aliphatic carbocycles. The van der Waals surface area contributed by atoms with Crippen LogP contribution in [0.5, 0.6) is 0 Å². The molecule has 0 radical (unpaired) electrons. The number of carbonyl (C=O) groups is 1. The van der Waals surface area contributed by atoms with Crippen molar-refractivity contribution < 1.29 is 13.6 Å². The minimum Gasteiger partial charge on any atom is -0.329 e. The molecule has 0 heterocycles. The van der Waals surface area contributed by atoms with Gasteiger partial charge in [0.05, 0.1) is 11.1 Å². The van der Waals surface area contributed by atoms with E-state index in [0.29, 0.717) is 12.8 Å². The molecule has 0 aliphatic heterocycles. The Labute approximate surface area is 123 Å². The first kappa shape index (κ1) is 15.9. The van der Waals surface area contributed by atoms with Crippen LogP contribution in [0.25, 0.3) is 0 Å². The summed E-state index contributed by atoms with van der Waals surface area (Å²) in [5, 5.41) is 2.53. The van der Waals surface area contributed by atoms with Crippen molar-refractivity contribution in [3.63, 3.8) is 0 Å². The zero-order valence-corrected chi connectivity index (χ0v) is 12.3. The first-order chi connectivity index (χ1) is 9.98. The van der Waals surface area contributed by atoms with Gasteiger partial charge in [-0.1, -0.05) is 25.7 Å². The van der Waals surface area contributed by atoms with E-state index in [1.165, 1.54) is 6.92 Å². The first-order valence-electron chi connectivity index (χ1n) is 7.46. The Morgan fingerprint density at radius 3 is 2.38 bits per heavy atom. The molecule has 0 saturated heterocycles. The second-order valence-corrected chi connectivity index (χ2v) is 5.93. The standard InChI is InChI=1S/C16H22F2N2O/c1-11-8-13(18)14(9-12(11)17)20-15(21)16(10-19)6-4-2-3-5-7-16/h8-9H,2-7,10,19H2,1H3,(H,20,21). The average molecular weight is 296 g/mol. The Hall–Kier alpha value is -1.49. The van der Waals surface area contributed by atoms with Crippen molar-refractivity contribution >= 4 is 11.6 Å². The molecule has 0 spiro atoms. The SMILES string of the molecule is Cc1cc(F)c(NC(=O)C2(CN)CCCCCC2)cc1F. The molecule has 0 aromatic heterocycles. The number of rotatable bonds is 3. The second-order valence-electron chi connectivity index (χ2n) is 5.93. The fourth-order valence-corrected chi connectivity index (χ4v) is 2.93. The predicted molar refractivity (Wildman–Crippen MR) is 78.9 cm³/mol. The number of halogens is 2. The van der Waals surface area contributed by atoms with Crippen molar-refractivity contribution in [1.82, 2.24) is 0 Å². The Kier molecular flexibility index (Phi) is 4.93. The van der Waals surface area contributed by atoms with E-state index >= 15 is 0 Å². The van der Waals surface area contributed by atoms with Crippen molar-refractivity contribution in [2.24, 2.45) is 11.1 Å². The number of nitrogens with one attached hydrogen (secondary N) is 1. The number of benzene rings is 1. The molecule has 1 saturated carbocycles. The topological polar surface area (TPSA) is 55.1 Å². The smallest absolute Gasteiger partial charge is 0.231 e. The molecule has 0 bridgehead atoms. The fraction of sp³-hybridized carbons (Fsp3) is 0.562. The highest BCUT2D eigenvalue weighted by Crippen LogP contribution is 2.35. The van der Waals surface area contributed by atoms with Gasteiger partial charge in [-0.3, -0.25) is 4.79 Å². The van der Waals surface area contributed by atoms with Gasteiger partial charge in [0.2, 0.25) is 5.91 Å². The lowest BCUT2D eigenvalue weighted by molar-refractivity contribution is -0.125. The summed E-state index contributed by atoms with van der Waals surface area (Å²) in [5.74, 6) is -1.45. The maximum absolute atomic E-state index is 13.9. The summed E-state index contributed by atoms with van der Waals surface area (Å²) in [7, 11) is 0. The van der Waals surface area contributed by atoms with Gasteiger partial charge in [0.15, 0.2) is 0 Å². The molecule has 1 aromatic rings. The molecule has 3 nitrogen and oxygen atoms in total. The van der Waals surface area contributed by atoms with E-state index in [-0.39, 0.29) is 23.7 Å². The molecule has 1 amide bonds. The molecular weight excluding hydrogens is 274 g/mol. The Morgan fingerprint density at radius 1 is 1.19 bits per heavy atom. The lowest BCUT2D eigenvalue weighted by Gasteiger charge is -2.30. The van der Waals surface area contributed by atoms with Gasteiger partial charge in [0.25, 0.3) is 0 Å². The molecule has 3 N–H and O–H groups in total. The van der Waals surface area contributed by atoms with Crippen molar-refractivity contribution in [3.8, 4) is 0 Å². The van der Waals surface area contributed by atoms with Crippen LogP contribution in [0, 0.1) is 24.0 Å². The number of aryl methyl sites for hydroxylation is 1. The van der Waals surface area contributed by atoms with Crippen LogP contribution in [0.4, 0.5) is 14.5 Å². The number of hydrogen-bond acceptors (Lipinski definition) is 2. The van der Waals surface area contributed by atoms with Crippen LogP contribution in [0.2, 0.25) is 0 Å². The summed E-state index contributed by atoms with van der Waals surface area (Å²) < 4.78 is 27.4. The molecule has 1 fully saturated rings. The quantitative estimate of drug-likeness (QED) is 0.839. The fourth-order valence-electron chi connectivity index (χ4n) is 2.93. The maximum Gasteiger partial charge on any atom is 0.231 e. The molecule has 0 unspecified atom stereocenters. The van der Waals surface area contributed by atoms with Gasteiger partial charge >= 0.3 is 0 Å². The third-order valence-electron chi connectivity index (χ3n) is 4.43. The second kappa shape index (κ2) is 6.52. The highest BCUT2D eigenvalue weighted by atomic mass is 19.1. The van der Waals surface area contributed by atoms with Crippen LogP contribution in [0.15, 0.2) is 12.1 Å². The van der Waals surface area contributed by atoms with E-state index in [1.54, 1.807) is 0 Å². The van der Waals surface area contributed by atoms with E-state index in [1.807, 2.05) is 0 Å². The van der Waals surface area contributed by atoms with E-state index in [4.69, 9.17) is 5.73 Å². The van der Waals surface area contributed by atoms with Gasteiger partial charge in [-0.25, -0.2) is 8.78 Å². The largest absolute Gasteiger partial charge is 0.329 e. The minimum absolute atomic E-state index is 0.111. The van der Waals surface area contributed by atoms with Crippen LogP contribution in [-0.4, -0.2) is 12.5 Å². The lowest BCUT2D eigenvalue weighted by Crippen LogP contribution is -2.42. The monoisotopic (exact) mass is 296 g/mol. The van der Waals surface area contributed by atoms with Gasteiger partial charge in [-0.2, -0.15) is 0 Å². The molecule has 1 aromatic carbocycles. The number of nitrogens with two attached hydrogens (primary N) is 1. The third-order valence-corrected chi connectivity index (χ3v) is 4.43. The van der Waals surface area contributed by atoms with Crippen molar-refractivity contribution in [1.29, 1.82) is 0 Å². The number of amides is 1. The number of hydrogen-bond donors (Lipinski definition) is 2. The third kappa shape index (κ3) is 3.40. The van der Waals surface area contributed by atoms with Gasteiger partial charge in [0, 0.05) is 12.6 Å². The molecule has 0 atom stereocenters. The van der Waals surface area contributed by atoms with E-state index < -0.39 is 17.0 Å². The van der Waals surface area contributed by atoms with Gasteiger partial charge in [-0.05, 0) is 31.4 Å². The Bertz CT molecular complexity index is 523. The van der Waals surface area contributed by atoms with Crippen LogP contribution < -0.4 is 11.1 Å². The Balaban J connectivity index is 2.21. The zero-order chi connectivity index (χ0) is 15.5. The highest BCUT2D eigenvalue weighted by Gasteiger charge is 2.37. The lowest BCUT2D eigenvalue weighted by atomic mass is 9.79. The Morgan fingerprint density at radius 2 is 1.81 bits per heavy atom. The molecule has 116 valence electrons. The van der Waals surface area contributed by atoms with E-state index in [9.17, 15) is 13.6 Å². The zero-order valence-electron chi connectivity index (χ0n) is 12.3. The van der Waals surface area contributed by atoms with Crippen LogP contribution in [0.3, 0.4) is 0 Å². The van der Waals surface area contributed by atoms with Crippen molar-refractivity contribution in [2.45, 2.75) is 45.4 Å². The van der Waals surface area contributed by atoms with E-state index in [0.717, 1.165) is 37.8 Å². The average Bonchev–Trinajstić information content (AvgIpc) is 2.71. The van der Waals surface area contributed by atoms with Crippen LogP contribution >= 0.6 is 0 Å². The molecule has 5 heteroatoms. The minimum atomic E-state index is -0.662. The summed E-state index contributed by atoms with van der Waals surface area (Å²) in [6.45, 7) is 1.71. The van der Waals surface area contributed by atoms with Crippen LogP contribution in [-0.2, 0) is 4.79 Å². The molecular formula is C16H22F2N2O. The van der Waals surface area contributed by atoms with Gasteiger partial charge < -0.3 is 11.1 Å². The summed E-state index contributed by atoms with van der Waals surface area (Å²) in [5.41, 5.74) is 5.27. The maximum atomic E-state index is 13.9. The van der Waals surface area contributed by atoms with Gasteiger partial charge in [-0.15, -0.1) is 0 Å². The molecule has 1 aliphatic rings. The van der Waals surface area contributed by atoms with Crippen molar-refractivity contribution in [2.75, 3.05) is 11.9 Å². The van der Waals surface area contributed by atoms with Crippen LogP contribution in [0.1, 0.15) is 44.1 Å². The summed E-state index contributed by atoms with van der Waals surface area (Å²) in [6.07, 6.45) is 5.45. The highest BCUT2D eigenvalue weighted by molar-refractivity contribution is 5.95. The summed E-state index contributed by atoms with van der Waals surface area (Å²) in [6, 6.07) is 2.12.